The van der Waals surface area contributed by atoms with E-state index in [0.717, 1.165) is 0 Å². The minimum Gasteiger partial charge on any atom is -0.258 e. The Kier molecular flexibility index (Phi) is 3.56. The lowest BCUT2D eigenvalue weighted by molar-refractivity contribution is -0.388. The number of benzene rings is 1. The van der Waals surface area contributed by atoms with Crippen molar-refractivity contribution in [3.8, 4) is 0 Å². The van der Waals surface area contributed by atoms with Crippen LogP contribution in [0.1, 0.15) is 17.6 Å². The van der Waals surface area contributed by atoms with E-state index in [0.29, 0.717) is 12.1 Å². The Morgan fingerprint density at radius 1 is 1.29 bits per heavy atom. The average molecular weight is 276 g/mol. The molecule has 0 unspecified atom stereocenters. The monoisotopic (exact) mass is 275 g/mol. The van der Waals surface area contributed by atoms with Crippen LogP contribution in [0.15, 0.2) is 12.1 Å². The van der Waals surface area contributed by atoms with Crippen molar-refractivity contribution in [1.82, 2.24) is 0 Å². The number of nitro benzene ring substituents is 1. The molecule has 0 atom stereocenters. The lowest BCUT2D eigenvalue weighted by Gasteiger charge is -2.12. The lowest BCUT2D eigenvalue weighted by atomic mass is 10.1. The molecule has 0 heterocycles. The molecule has 0 aliphatic rings. The fourth-order valence-corrected chi connectivity index (χ4v) is 1.46. The van der Waals surface area contributed by atoms with Crippen LogP contribution in [0.5, 0.6) is 0 Å². The van der Waals surface area contributed by atoms with E-state index in [-0.39, 0.29) is 0 Å². The van der Waals surface area contributed by atoms with Gasteiger partial charge in [0.25, 0.3) is 12.1 Å². The summed E-state index contributed by atoms with van der Waals surface area (Å²) in [7, 11) is 0. The van der Waals surface area contributed by atoms with Gasteiger partial charge in [0.05, 0.1) is 4.92 Å². The third-order valence-electron chi connectivity index (χ3n) is 1.83. The molecule has 0 saturated carbocycles. The van der Waals surface area contributed by atoms with E-state index in [1.807, 2.05) is 0 Å². The molecule has 9 heteroatoms. The first-order chi connectivity index (χ1) is 7.64. The molecule has 0 aromatic heterocycles. The van der Waals surface area contributed by atoms with E-state index in [1.165, 1.54) is 0 Å². The molecule has 94 valence electrons. The maximum Gasteiger partial charge on any atom is 0.423 e. The second-order valence-electron chi connectivity index (χ2n) is 2.94. The molecule has 1 rings (SSSR count). The van der Waals surface area contributed by atoms with Gasteiger partial charge in [-0.3, -0.25) is 10.1 Å². The summed E-state index contributed by atoms with van der Waals surface area (Å²) in [5, 5.41) is 9.84. The molecular weight excluding hydrogens is 273 g/mol. The number of nitrogens with zero attached hydrogens (tertiary/aromatic N) is 1. The van der Waals surface area contributed by atoms with Crippen molar-refractivity contribution in [3.63, 3.8) is 0 Å². The van der Waals surface area contributed by atoms with E-state index in [1.54, 1.807) is 0 Å². The quantitative estimate of drug-likeness (QED) is 0.461. The van der Waals surface area contributed by atoms with Gasteiger partial charge >= 0.3 is 6.18 Å². The third kappa shape index (κ3) is 2.82. The van der Waals surface area contributed by atoms with Crippen LogP contribution in [0.2, 0.25) is 5.02 Å². The Hall–Kier alpha value is -1.44. The maximum atomic E-state index is 12.5. The molecule has 0 amide bonds. The van der Waals surface area contributed by atoms with Gasteiger partial charge < -0.3 is 0 Å². The van der Waals surface area contributed by atoms with E-state index < -0.39 is 39.4 Å². The number of halogens is 6. The van der Waals surface area contributed by atoms with Crippen LogP contribution in [0.25, 0.3) is 0 Å². The Balaban J connectivity index is 3.66. The first-order valence-corrected chi connectivity index (χ1v) is 4.35. The number of alkyl halides is 5. The molecule has 0 saturated heterocycles. The van der Waals surface area contributed by atoms with E-state index in [4.69, 9.17) is 11.6 Å². The van der Waals surface area contributed by atoms with E-state index >= 15 is 0 Å². The lowest BCUT2D eigenvalue weighted by Crippen LogP contribution is -2.13. The van der Waals surface area contributed by atoms with Crippen molar-refractivity contribution in [2.24, 2.45) is 0 Å². The van der Waals surface area contributed by atoms with Gasteiger partial charge in [-0.25, -0.2) is 8.78 Å². The van der Waals surface area contributed by atoms with Crippen molar-refractivity contribution in [1.29, 1.82) is 0 Å². The second kappa shape index (κ2) is 4.44. The molecule has 17 heavy (non-hydrogen) atoms. The first-order valence-electron chi connectivity index (χ1n) is 3.97. The summed E-state index contributed by atoms with van der Waals surface area (Å²) in [4.78, 5) is 9.00. The summed E-state index contributed by atoms with van der Waals surface area (Å²) >= 11 is 5.26. The fraction of sp³-hybridized carbons (Fsp3) is 0.250. The molecule has 0 radical (unpaired) electrons. The van der Waals surface area contributed by atoms with E-state index in [2.05, 4.69) is 0 Å². The molecule has 0 spiro atoms. The number of nitro groups is 1. The van der Waals surface area contributed by atoms with Crippen LogP contribution in [-0.4, -0.2) is 4.92 Å². The summed E-state index contributed by atoms with van der Waals surface area (Å²) in [6.07, 6.45) is -8.76. The molecule has 0 aliphatic carbocycles. The van der Waals surface area contributed by atoms with Crippen LogP contribution >= 0.6 is 11.6 Å². The highest BCUT2D eigenvalue weighted by molar-refractivity contribution is 6.30. The highest BCUT2D eigenvalue weighted by Crippen LogP contribution is 2.43. The fourth-order valence-electron chi connectivity index (χ4n) is 1.24. The van der Waals surface area contributed by atoms with Crippen molar-refractivity contribution < 1.29 is 26.9 Å². The molecule has 0 bridgehead atoms. The molecule has 0 fully saturated rings. The van der Waals surface area contributed by atoms with Crippen molar-refractivity contribution >= 4 is 17.3 Å². The Labute approximate surface area is 95.9 Å². The minimum atomic E-state index is -5.25. The van der Waals surface area contributed by atoms with Gasteiger partial charge in [-0.15, -0.1) is 0 Å². The molecule has 0 N–H and O–H groups in total. The van der Waals surface area contributed by atoms with Gasteiger partial charge in [0, 0.05) is 16.7 Å². The van der Waals surface area contributed by atoms with Crippen molar-refractivity contribution in [3.05, 3.63) is 38.4 Å². The molecular formula is C8H3ClF5NO2. The van der Waals surface area contributed by atoms with Gasteiger partial charge in [-0.05, 0) is 6.07 Å². The van der Waals surface area contributed by atoms with Gasteiger partial charge in [0.15, 0.2) is 0 Å². The summed E-state index contributed by atoms with van der Waals surface area (Å²) in [6.45, 7) is 0. The zero-order valence-electron chi connectivity index (χ0n) is 7.76. The Morgan fingerprint density at radius 3 is 2.18 bits per heavy atom. The van der Waals surface area contributed by atoms with Crippen LogP contribution < -0.4 is 0 Å². The smallest absolute Gasteiger partial charge is 0.258 e. The topological polar surface area (TPSA) is 43.1 Å². The highest BCUT2D eigenvalue weighted by Gasteiger charge is 2.43. The predicted molar refractivity (Wildman–Crippen MR) is 48.1 cm³/mol. The standard InChI is InChI=1S/C8H3ClF5NO2/c9-3-1-4(7(10)11)6(8(12,13)14)5(2-3)15(16)17/h1-2,7H. The van der Waals surface area contributed by atoms with Gasteiger partial charge in [0.2, 0.25) is 0 Å². The Bertz CT molecular complexity index is 460. The number of hydrogen-bond donors (Lipinski definition) is 0. The van der Waals surface area contributed by atoms with Gasteiger partial charge in [-0.2, -0.15) is 13.2 Å². The predicted octanol–water partition coefficient (Wildman–Crippen LogP) is 4.20. The molecule has 3 nitrogen and oxygen atoms in total. The van der Waals surface area contributed by atoms with Crippen molar-refractivity contribution in [2.75, 3.05) is 0 Å². The SMILES string of the molecule is O=[N+]([O-])c1cc(Cl)cc(C(F)F)c1C(F)(F)F. The summed E-state index contributed by atoms with van der Waals surface area (Å²) in [5.74, 6) is 0. The largest absolute Gasteiger partial charge is 0.423 e. The summed E-state index contributed by atoms with van der Waals surface area (Å²) in [5.41, 5.74) is -4.96. The number of hydrogen-bond acceptors (Lipinski definition) is 2. The van der Waals surface area contributed by atoms with E-state index in [9.17, 15) is 32.1 Å². The summed E-state index contributed by atoms with van der Waals surface area (Å²) in [6, 6.07) is 0.748. The van der Waals surface area contributed by atoms with Crippen molar-refractivity contribution in [2.45, 2.75) is 12.6 Å². The molecule has 1 aromatic carbocycles. The second-order valence-corrected chi connectivity index (χ2v) is 3.38. The molecule has 0 aliphatic heterocycles. The Morgan fingerprint density at radius 2 is 1.82 bits per heavy atom. The minimum absolute atomic E-state index is 0.363. The van der Waals surface area contributed by atoms with Crippen LogP contribution in [-0.2, 0) is 6.18 Å². The summed E-state index contributed by atoms with van der Waals surface area (Å²) < 4.78 is 62.2. The van der Waals surface area contributed by atoms with Gasteiger partial charge in [0.1, 0.15) is 5.56 Å². The van der Waals surface area contributed by atoms with Crippen LogP contribution in [0.4, 0.5) is 27.6 Å². The average Bonchev–Trinajstić information content (AvgIpc) is 2.14. The first kappa shape index (κ1) is 13.6. The number of rotatable bonds is 2. The maximum absolute atomic E-state index is 12.5. The van der Waals surface area contributed by atoms with Gasteiger partial charge in [-0.1, -0.05) is 11.6 Å². The highest BCUT2D eigenvalue weighted by atomic mass is 35.5. The third-order valence-corrected chi connectivity index (χ3v) is 2.05. The zero-order chi connectivity index (χ0) is 13.4. The normalized spacial score (nSPS) is 11.9. The van der Waals surface area contributed by atoms with Crippen LogP contribution in [0.3, 0.4) is 0 Å². The van der Waals surface area contributed by atoms with Crippen LogP contribution in [0, 0.1) is 10.1 Å². The zero-order valence-corrected chi connectivity index (χ0v) is 8.52. The molecule has 1 aromatic rings.